The number of ketones is 1. The average Bonchev–Trinajstić information content (AvgIpc) is 3.43. The van der Waals surface area contributed by atoms with Gasteiger partial charge < -0.3 is 4.98 Å². The second kappa shape index (κ2) is 6.17. The van der Waals surface area contributed by atoms with E-state index in [0.29, 0.717) is 17.2 Å². The van der Waals surface area contributed by atoms with Gasteiger partial charge in [-0.05, 0) is 61.3 Å². The molecule has 154 valence electrons. The SMILES string of the molecule is CC(=O)c1ccc(N2C(=O)[C@@H]3[C@H]4C[C@@H]([C@@H]3C2=O)[C@H]2[C@@H]4Sc3[nH]c(=O)sc3[C@@H]2C)cc1. The number of H-pyrrole nitrogens is 1. The summed E-state index contributed by atoms with van der Waals surface area (Å²) >= 11 is 2.99. The van der Waals surface area contributed by atoms with Gasteiger partial charge in [-0.2, -0.15) is 0 Å². The number of nitrogens with one attached hydrogen (secondary N) is 1. The van der Waals surface area contributed by atoms with Crippen molar-refractivity contribution in [3.8, 4) is 0 Å². The minimum atomic E-state index is -0.275. The number of thiazole rings is 1. The summed E-state index contributed by atoms with van der Waals surface area (Å²) in [6.07, 6.45) is 0.912. The lowest BCUT2D eigenvalue weighted by Crippen LogP contribution is -2.41. The molecule has 6 nitrogen and oxygen atoms in total. The Morgan fingerprint density at radius 3 is 2.40 bits per heavy atom. The molecule has 2 saturated carbocycles. The van der Waals surface area contributed by atoms with E-state index in [2.05, 4.69) is 11.9 Å². The van der Waals surface area contributed by atoms with Crippen LogP contribution in [0.2, 0.25) is 0 Å². The molecular weight excluding hydrogens is 420 g/mol. The van der Waals surface area contributed by atoms with Gasteiger partial charge in [0.2, 0.25) is 11.8 Å². The topological polar surface area (TPSA) is 87.3 Å². The molecule has 0 spiro atoms. The molecule has 30 heavy (non-hydrogen) atoms. The number of hydrogen-bond donors (Lipinski definition) is 1. The van der Waals surface area contributed by atoms with Crippen LogP contribution in [0, 0.1) is 29.6 Å². The zero-order chi connectivity index (χ0) is 20.9. The summed E-state index contributed by atoms with van der Waals surface area (Å²) in [5.41, 5.74) is 1.12. The molecule has 1 saturated heterocycles. The number of aromatic amines is 1. The van der Waals surface area contributed by atoms with Crippen LogP contribution in [0.15, 0.2) is 34.1 Å². The van der Waals surface area contributed by atoms with E-state index >= 15 is 0 Å². The number of hydrogen-bond acceptors (Lipinski definition) is 6. The maximum Gasteiger partial charge on any atom is 0.305 e. The molecule has 2 aliphatic carbocycles. The van der Waals surface area contributed by atoms with Crippen molar-refractivity contribution in [1.29, 1.82) is 0 Å². The normalized spacial score (nSPS) is 36.1. The predicted molar refractivity (Wildman–Crippen MR) is 114 cm³/mol. The lowest BCUT2D eigenvalue weighted by molar-refractivity contribution is -0.123. The van der Waals surface area contributed by atoms with Crippen LogP contribution in [0.1, 0.15) is 41.4 Å². The van der Waals surface area contributed by atoms with E-state index in [1.165, 1.54) is 23.2 Å². The van der Waals surface area contributed by atoms with Gasteiger partial charge in [0.15, 0.2) is 5.78 Å². The molecule has 3 heterocycles. The number of carbonyl (C=O) groups is 3. The van der Waals surface area contributed by atoms with E-state index < -0.39 is 0 Å². The van der Waals surface area contributed by atoms with Crippen molar-refractivity contribution in [1.82, 2.24) is 4.98 Å². The summed E-state index contributed by atoms with van der Waals surface area (Å²) in [5.74, 6) is 0.0781. The summed E-state index contributed by atoms with van der Waals surface area (Å²) in [7, 11) is 0. The van der Waals surface area contributed by atoms with Gasteiger partial charge in [-0.1, -0.05) is 18.3 Å². The molecule has 3 fully saturated rings. The third-order valence-electron chi connectivity index (χ3n) is 7.58. The van der Waals surface area contributed by atoms with Crippen LogP contribution >= 0.6 is 23.1 Å². The highest BCUT2D eigenvalue weighted by molar-refractivity contribution is 8.00. The van der Waals surface area contributed by atoms with Crippen LogP contribution in [-0.4, -0.2) is 27.8 Å². The fourth-order valence-corrected chi connectivity index (χ4v) is 9.38. The van der Waals surface area contributed by atoms with Crippen LogP contribution in [0.25, 0.3) is 0 Å². The Balaban J connectivity index is 1.36. The molecule has 8 heteroatoms. The van der Waals surface area contributed by atoms with Crippen molar-refractivity contribution in [2.75, 3.05) is 4.90 Å². The number of carbonyl (C=O) groups excluding carboxylic acids is 3. The Kier molecular flexibility index (Phi) is 3.82. The molecule has 6 rings (SSSR count). The van der Waals surface area contributed by atoms with Crippen molar-refractivity contribution in [3.63, 3.8) is 0 Å². The van der Waals surface area contributed by atoms with Crippen molar-refractivity contribution < 1.29 is 14.4 Å². The van der Waals surface area contributed by atoms with Gasteiger partial charge in [0, 0.05) is 15.7 Å². The first-order valence-corrected chi connectivity index (χ1v) is 11.9. The molecule has 0 unspecified atom stereocenters. The highest BCUT2D eigenvalue weighted by Crippen LogP contribution is 2.67. The Hall–Kier alpha value is -2.19. The monoisotopic (exact) mass is 440 g/mol. The standard InChI is InChI=1S/C22H20N2O4S2/c1-8-14-12-7-13(18(14)29-19-17(8)30-22(28)23-19)16-15(12)20(26)24(21(16)27)11-5-3-10(4-6-11)9(2)25/h3-6,8,12-16,18H,7H2,1-2H3,(H,23,28)/t8-,12-,13-,14+,15+,16-,18-/m1/s1. The van der Waals surface area contributed by atoms with Gasteiger partial charge in [0.05, 0.1) is 22.5 Å². The Bertz CT molecular complexity index is 1170. The Morgan fingerprint density at radius 2 is 1.73 bits per heavy atom. The van der Waals surface area contributed by atoms with Gasteiger partial charge in [0.25, 0.3) is 0 Å². The van der Waals surface area contributed by atoms with Crippen LogP contribution in [0.4, 0.5) is 5.69 Å². The first-order chi connectivity index (χ1) is 14.4. The first kappa shape index (κ1) is 18.6. The third kappa shape index (κ3) is 2.26. The van der Waals surface area contributed by atoms with Crippen LogP contribution < -0.4 is 9.77 Å². The first-order valence-electron chi connectivity index (χ1n) is 10.2. The zero-order valence-electron chi connectivity index (χ0n) is 16.5. The minimum Gasteiger partial charge on any atom is -0.307 e. The van der Waals surface area contributed by atoms with E-state index in [1.54, 1.807) is 36.0 Å². The lowest BCUT2D eigenvalue weighted by atomic mass is 9.70. The fraction of sp³-hybridized carbons (Fsp3) is 0.455. The van der Waals surface area contributed by atoms with Crippen LogP contribution in [-0.2, 0) is 9.59 Å². The summed E-state index contributed by atoms with van der Waals surface area (Å²) in [4.78, 5) is 55.6. The average molecular weight is 441 g/mol. The van der Waals surface area contributed by atoms with E-state index in [4.69, 9.17) is 0 Å². The van der Waals surface area contributed by atoms with Crippen molar-refractivity contribution in [3.05, 3.63) is 44.4 Å². The maximum absolute atomic E-state index is 13.4. The highest BCUT2D eigenvalue weighted by Gasteiger charge is 2.69. The van der Waals surface area contributed by atoms with E-state index in [-0.39, 0.29) is 57.3 Å². The number of benzene rings is 1. The fourth-order valence-electron chi connectivity index (χ4n) is 6.43. The second-order valence-corrected chi connectivity index (χ2v) is 11.1. The van der Waals surface area contributed by atoms with Gasteiger partial charge >= 0.3 is 4.87 Å². The third-order valence-corrected chi connectivity index (χ3v) is 10.3. The van der Waals surface area contributed by atoms with Crippen molar-refractivity contribution in [2.45, 2.75) is 36.5 Å². The number of amides is 2. The molecule has 4 aliphatic rings. The maximum atomic E-state index is 13.4. The largest absolute Gasteiger partial charge is 0.307 e. The van der Waals surface area contributed by atoms with Gasteiger partial charge in [-0.25, -0.2) is 0 Å². The summed E-state index contributed by atoms with van der Waals surface area (Å²) in [5, 5.41) is 1.22. The number of fused-ring (bicyclic) bond motifs is 9. The number of imide groups is 1. The van der Waals surface area contributed by atoms with E-state index in [0.717, 1.165) is 16.3 Å². The number of Topliss-reactive ketones (excluding diaryl/α,β-unsaturated/α-hetero) is 1. The molecule has 2 aromatic rings. The summed E-state index contributed by atoms with van der Waals surface area (Å²) < 4.78 is 0. The van der Waals surface area contributed by atoms with E-state index in [9.17, 15) is 19.2 Å². The Morgan fingerprint density at radius 1 is 1.07 bits per heavy atom. The predicted octanol–water partition coefficient (Wildman–Crippen LogP) is 3.29. The molecule has 1 N–H and O–H groups in total. The minimum absolute atomic E-state index is 0.0285. The number of aromatic nitrogens is 1. The van der Waals surface area contributed by atoms with Crippen LogP contribution in [0.5, 0.6) is 0 Å². The second-order valence-electron chi connectivity index (χ2n) is 8.89. The molecule has 7 atom stereocenters. The number of anilines is 1. The van der Waals surface area contributed by atoms with Crippen molar-refractivity contribution >= 4 is 46.4 Å². The van der Waals surface area contributed by atoms with Gasteiger partial charge in [0.1, 0.15) is 0 Å². The molecule has 2 aliphatic heterocycles. The smallest absolute Gasteiger partial charge is 0.305 e. The number of nitrogens with zero attached hydrogens (tertiary/aromatic N) is 1. The van der Waals surface area contributed by atoms with Gasteiger partial charge in [-0.15, -0.1) is 11.8 Å². The molecule has 0 radical (unpaired) electrons. The molecule has 1 aromatic heterocycles. The van der Waals surface area contributed by atoms with E-state index in [1.807, 2.05) is 0 Å². The quantitative estimate of drug-likeness (QED) is 0.572. The van der Waals surface area contributed by atoms with Crippen molar-refractivity contribution in [2.24, 2.45) is 29.6 Å². The summed E-state index contributed by atoms with van der Waals surface area (Å²) in [6.45, 7) is 3.66. The zero-order valence-corrected chi connectivity index (χ0v) is 18.1. The van der Waals surface area contributed by atoms with Gasteiger partial charge in [-0.3, -0.25) is 24.1 Å². The molecule has 1 aromatic carbocycles. The Labute approximate surface area is 181 Å². The molecule has 2 amide bonds. The lowest BCUT2D eigenvalue weighted by Gasteiger charge is -2.41. The number of thioether (sulfide) groups is 1. The number of rotatable bonds is 2. The highest BCUT2D eigenvalue weighted by atomic mass is 32.2. The molecular formula is C22H20N2O4S2. The van der Waals surface area contributed by atoms with Crippen LogP contribution in [0.3, 0.4) is 0 Å². The molecule has 2 bridgehead atoms. The summed E-state index contributed by atoms with van der Waals surface area (Å²) in [6, 6.07) is 6.74.